The third-order valence-electron chi connectivity index (χ3n) is 1.49. The highest BCUT2D eigenvalue weighted by molar-refractivity contribution is 5.72. The van der Waals surface area contributed by atoms with E-state index in [4.69, 9.17) is 0 Å². The standard InChI is InChI=1S/C10H11NO2/c1-13-10(12)7-4-6-9-5-2-3-8-11-9/h2-6,8H,7H2,1H3/b6-4-. The van der Waals surface area contributed by atoms with E-state index in [1.54, 1.807) is 18.3 Å². The highest BCUT2D eigenvalue weighted by Gasteiger charge is 1.93. The third kappa shape index (κ3) is 3.51. The van der Waals surface area contributed by atoms with E-state index in [2.05, 4.69) is 9.72 Å². The summed E-state index contributed by atoms with van der Waals surface area (Å²) >= 11 is 0. The second-order valence-electron chi connectivity index (χ2n) is 2.44. The Bertz CT molecular complexity index is 293. The number of ether oxygens (including phenoxy) is 1. The van der Waals surface area contributed by atoms with E-state index >= 15 is 0 Å². The molecule has 1 rings (SSSR count). The SMILES string of the molecule is COC(=O)C/C=C\c1ccccn1. The minimum absolute atomic E-state index is 0.243. The molecule has 13 heavy (non-hydrogen) atoms. The van der Waals surface area contributed by atoms with E-state index in [1.807, 2.05) is 18.2 Å². The number of carbonyl (C=O) groups is 1. The first kappa shape index (κ1) is 9.45. The van der Waals surface area contributed by atoms with Gasteiger partial charge in [0.25, 0.3) is 0 Å². The second-order valence-corrected chi connectivity index (χ2v) is 2.44. The molecular weight excluding hydrogens is 166 g/mol. The molecule has 0 aliphatic rings. The molecule has 0 unspecified atom stereocenters. The number of nitrogens with zero attached hydrogens (tertiary/aromatic N) is 1. The van der Waals surface area contributed by atoms with Crippen molar-refractivity contribution in [3.8, 4) is 0 Å². The molecule has 1 heterocycles. The molecule has 1 aromatic rings. The first-order valence-corrected chi connectivity index (χ1v) is 3.97. The van der Waals surface area contributed by atoms with Crippen molar-refractivity contribution in [2.75, 3.05) is 7.11 Å². The monoisotopic (exact) mass is 177 g/mol. The number of carbonyl (C=O) groups excluding carboxylic acids is 1. The summed E-state index contributed by atoms with van der Waals surface area (Å²) in [5, 5.41) is 0. The van der Waals surface area contributed by atoms with Crippen LogP contribution in [0.5, 0.6) is 0 Å². The lowest BCUT2D eigenvalue weighted by molar-refractivity contribution is -0.139. The van der Waals surface area contributed by atoms with Gasteiger partial charge in [-0.2, -0.15) is 0 Å². The lowest BCUT2D eigenvalue weighted by Gasteiger charge is -1.92. The van der Waals surface area contributed by atoms with Gasteiger partial charge in [0.1, 0.15) is 0 Å². The molecule has 0 aromatic carbocycles. The largest absolute Gasteiger partial charge is 0.469 e. The molecule has 0 amide bonds. The lowest BCUT2D eigenvalue weighted by atomic mass is 10.3. The van der Waals surface area contributed by atoms with Gasteiger partial charge in [0.05, 0.1) is 19.2 Å². The van der Waals surface area contributed by atoms with Crippen molar-refractivity contribution in [3.63, 3.8) is 0 Å². The maximum absolute atomic E-state index is 10.7. The molecule has 0 atom stereocenters. The topological polar surface area (TPSA) is 39.2 Å². The number of methoxy groups -OCH3 is 1. The molecule has 0 N–H and O–H groups in total. The normalized spacial score (nSPS) is 10.2. The number of aromatic nitrogens is 1. The van der Waals surface area contributed by atoms with E-state index in [1.165, 1.54) is 7.11 Å². The molecule has 68 valence electrons. The summed E-state index contributed by atoms with van der Waals surface area (Å²) in [5.41, 5.74) is 0.839. The van der Waals surface area contributed by atoms with Crippen molar-refractivity contribution >= 4 is 12.0 Å². The zero-order valence-corrected chi connectivity index (χ0v) is 7.43. The van der Waals surface area contributed by atoms with Gasteiger partial charge >= 0.3 is 5.97 Å². The molecule has 1 aromatic heterocycles. The van der Waals surface area contributed by atoms with Crippen LogP contribution in [0, 0.1) is 0 Å². The van der Waals surface area contributed by atoms with E-state index in [0.29, 0.717) is 0 Å². The minimum atomic E-state index is -0.243. The maximum atomic E-state index is 10.7. The van der Waals surface area contributed by atoms with Gasteiger partial charge in [0, 0.05) is 6.20 Å². The number of rotatable bonds is 3. The van der Waals surface area contributed by atoms with Crippen molar-refractivity contribution in [1.82, 2.24) is 4.98 Å². The molecule has 0 saturated heterocycles. The molecule has 3 nitrogen and oxygen atoms in total. The minimum Gasteiger partial charge on any atom is -0.469 e. The van der Waals surface area contributed by atoms with Crippen LogP contribution in [0.3, 0.4) is 0 Å². The van der Waals surface area contributed by atoms with Gasteiger partial charge < -0.3 is 4.74 Å². The average Bonchev–Trinajstić information content (AvgIpc) is 2.19. The summed E-state index contributed by atoms with van der Waals surface area (Å²) in [7, 11) is 1.37. The lowest BCUT2D eigenvalue weighted by Crippen LogP contribution is -1.96. The van der Waals surface area contributed by atoms with Crippen LogP contribution in [0.15, 0.2) is 30.5 Å². The molecule has 0 spiro atoms. The van der Waals surface area contributed by atoms with E-state index < -0.39 is 0 Å². The van der Waals surface area contributed by atoms with Crippen LogP contribution in [-0.4, -0.2) is 18.1 Å². The fourth-order valence-corrected chi connectivity index (χ4v) is 0.834. The Kier molecular flexibility index (Phi) is 3.70. The summed E-state index contributed by atoms with van der Waals surface area (Å²) in [6, 6.07) is 5.61. The van der Waals surface area contributed by atoms with Crippen LogP contribution in [0.1, 0.15) is 12.1 Å². The quantitative estimate of drug-likeness (QED) is 0.659. The molecule has 0 aliphatic carbocycles. The van der Waals surface area contributed by atoms with Crippen LogP contribution in [-0.2, 0) is 9.53 Å². The second kappa shape index (κ2) is 5.09. The van der Waals surface area contributed by atoms with Crippen molar-refractivity contribution in [2.45, 2.75) is 6.42 Å². The number of esters is 1. The van der Waals surface area contributed by atoms with Crippen molar-refractivity contribution < 1.29 is 9.53 Å². The Morgan fingerprint density at radius 2 is 2.46 bits per heavy atom. The van der Waals surface area contributed by atoms with Gasteiger partial charge in [-0.25, -0.2) is 0 Å². The van der Waals surface area contributed by atoms with Crippen molar-refractivity contribution in [3.05, 3.63) is 36.2 Å². The summed E-state index contributed by atoms with van der Waals surface area (Å²) in [5.74, 6) is -0.243. The van der Waals surface area contributed by atoms with Gasteiger partial charge in [-0.15, -0.1) is 0 Å². The van der Waals surface area contributed by atoms with Gasteiger partial charge in [-0.3, -0.25) is 9.78 Å². The smallest absolute Gasteiger partial charge is 0.309 e. The third-order valence-corrected chi connectivity index (χ3v) is 1.49. The average molecular weight is 177 g/mol. The zero-order chi connectivity index (χ0) is 9.52. The zero-order valence-electron chi connectivity index (χ0n) is 7.43. The predicted molar refractivity (Wildman–Crippen MR) is 49.9 cm³/mol. The highest BCUT2D eigenvalue weighted by Crippen LogP contribution is 1.97. The first-order chi connectivity index (χ1) is 6.33. The molecule has 0 bridgehead atoms. The van der Waals surface area contributed by atoms with E-state index in [0.717, 1.165) is 5.69 Å². The fourth-order valence-electron chi connectivity index (χ4n) is 0.834. The van der Waals surface area contributed by atoms with E-state index in [-0.39, 0.29) is 12.4 Å². The Balaban J connectivity index is 2.45. The Morgan fingerprint density at radius 1 is 1.62 bits per heavy atom. The molecule has 0 fully saturated rings. The molecule has 0 saturated carbocycles. The molecule has 0 aliphatic heterocycles. The van der Waals surface area contributed by atoms with Crippen molar-refractivity contribution in [1.29, 1.82) is 0 Å². The number of pyridine rings is 1. The van der Waals surface area contributed by atoms with Gasteiger partial charge in [0.15, 0.2) is 0 Å². The number of hydrogen-bond donors (Lipinski definition) is 0. The first-order valence-electron chi connectivity index (χ1n) is 3.97. The Labute approximate surface area is 77.1 Å². The van der Waals surface area contributed by atoms with Crippen LogP contribution in [0.25, 0.3) is 6.08 Å². The number of hydrogen-bond acceptors (Lipinski definition) is 3. The van der Waals surface area contributed by atoms with Gasteiger partial charge in [0.2, 0.25) is 0 Å². The van der Waals surface area contributed by atoms with Crippen LogP contribution in [0.4, 0.5) is 0 Å². The molecule has 3 heteroatoms. The van der Waals surface area contributed by atoms with E-state index in [9.17, 15) is 4.79 Å². The molecular formula is C10H11NO2. The van der Waals surface area contributed by atoms with Crippen LogP contribution >= 0.6 is 0 Å². The fraction of sp³-hybridized carbons (Fsp3) is 0.200. The van der Waals surface area contributed by atoms with Gasteiger partial charge in [-0.1, -0.05) is 12.1 Å². The Hall–Kier alpha value is -1.64. The van der Waals surface area contributed by atoms with Crippen molar-refractivity contribution in [2.24, 2.45) is 0 Å². The maximum Gasteiger partial charge on any atom is 0.309 e. The highest BCUT2D eigenvalue weighted by atomic mass is 16.5. The van der Waals surface area contributed by atoms with Crippen LogP contribution < -0.4 is 0 Å². The Morgan fingerprint density at radius 3 is 3.08 bits per heavy atom. The summed E-state index contributed by atoms with van der Waals surface area (Å²) in [6.07, 6.45) is 5.51. The molecule has 0 radical (unpaired) electrons. The van der Waals surface area contributed by atoms with Crippen LogP contribution in [0.2, 0.25) is 0 Å². The summed E-state index contributed by atoms with van der Waals surface area (Å²) < 4.78 is 4.48. The predicted octanol–water partition coefficient (Wildman–Crippen LogP) is 1.66. The van der Waals surface area contributed by atoms with Gasteiger partial charge in [-0.05, 0) is 18.2 Å². The summed E-state index contributed by atoms with van der Waals surface area (Å²) in [4.78, 5) is 14.8. The summed E-state index contributed by atoms with van der Waals surface area (Å²) in [6.45, 7) is 0.